The molecule has 0 radical (unpaired) electrons. The van der Waals surface area contributed by atoms with Crippen molar-refractivity contribution in [2.75, 3.05) is 26.7 Å². The summed E-state index contributed by atoms with van der Waals surface area (Å²) in [5.74, 6) is -1.44. The van der Waals surface area contributed by atoms with Crippen molar-refractivity contribution in [2.45, 2.75) is 38.1 Å². The van der Waals surface area contributed by atoms with E-state index < -0.39 is 5.97 Å². The van der Waals surface area contributed by atoms with Crippen LogP contribution < -0.4 is 0 Å². The number of hydrogen-bond donors (Lipinski definition) is 1. The van der Waals surface area contributed by atoms with Crippen LogP contribution in [-0.4, -0.2) is 65.7 Å². The number of carboxylic acids is 1. The van der Waals surface area contributed by atoms with Gasteiger partial charge in [0.05, 0.1) is 19.4 Å². The number of carbonyl (C=O) groups is 3. The SMILES string of the molecule is COC(=O)C1CCCN(C(=O)N2CCCC2CC(=O)O)C1. The van der Waals surface area contributed by atoms with E-state index in [-0.39, 0.29) is 30.4 Å². The first-order chi connectivity index (χ1) is 10.0. The van der Waals surface area contributed by atoms with Crippen LogP contribution in [0.1, 0.15) is 32.1 Å². The lowest BCUT2D eigenvalue weighted by molar-refractivity contribution is -0.146. The zero-order valence-electron chi connectivity index (χ0n) is 12.3. The molecule has 7 heteroatoms. The monoisotopic (exact) mass is 298 g/mol. The van der Waals surface area contributed by atoms with Crippen molar-refractivity contribution < 1.29 is 24.2 Å². The molecule has 2 heterocycles. The molecule has 0 bridgehead atoms. The number of amides is 2. The number of nitrogens with zero attached hydrogens (tertiary/aromatic N) is 2. The number of methoxy groups -OCH3 is 1. The number of esters is 1. The first-order valence-corrected chi connectivity index (χ1v) is 7.38. The number of ether oxygens (including phenoxy) is 1. The molecule has 2 fully saturated rings. The average molecular weight is 298 g/mol. The Balaban J connectivity index is 1.98. The van der Waals surface area contributed by atoms with Gasteiger partial charge in [0.1, 0.15) is 0 Å². The predicted octanol–water partition coefficient (Wildman–Crippen LogP) is 0.930. The molecule has 2 aliphatic heterocycles. The van der Waals surface area contributed by atoms with E-state index in [1.165, 1.54) is 7.11 Å². The maximum Gasteiger partial charge on any atom is 0.320 e. The lowest BCUT2D eigenvalue weighted by atomic mass is 9.98. The Bertz CT molecular complexity index is 426. The lowest BCUT2D eigenvalue weighted by Crippen LogP contribution is -2.50. The highest BCUT2D eigenvalue weighted by Crippen LogP contribution is 2.25. The molecule has 2 unspecified atom stereocenters. The third kappa shape index (κ3) is 3.65. The van der Waals surface area contributed by atoms with Gasteiger partial charge in [-0.05, 0) is 25.7 Å². The van der Waals surface area contributed by atoms with Gasteiger partial charge in [-0.1, -0.05) is 0 Å². The number of aliphatic carboxylic acids is 1. The van der Waals surface area contributed by atoms with Gasteiger partial charge in [-0.3, -0.25) is 9.59 Å². The van der Waals surface area contributed by atoms with Gasteiger partial charge in [-0.2, -0.15) is 0 Å². The molecule has 1 N–H and O–H groups in total. The summed E-state index contributed by atoms with van der Waals surface area (Å²) in [5.41, 5.74) is 0. The number of likely N-dealkylation sites (tertiary alicyclic amines) is 2. The largest absolute Gasteiger partial charge is 0.481 e. The molecule has 2 saturated heterocycles. The van der Waals surface area contributed by atoms with Gasteiger partial charge in [0.2, 0.25) is 0 Å². The molecule has 0 aliphatic carbocycles. The van der Waals surface area contributed by atoms with Crippen molar-refractivity contribution in [3.8, 4) is 0 Å². The van der Waals surface area contributed by atoms with Gasteiger partial charge in [0, 0.05) is 25.7 Å². The number of hydrogen-bond acceptors (Lipinski definition) is 4. The molecule has 0 aromatic heterocycles. The quantitative estimate of drug-likeness (QED) is 0.783. The van der Waals surface area contributed by atoms with Crippen molar-refractivity contribution in [1.82, 2.24) is 9.80 Å². The molecule has 0 saturated carbocycles. The average Bonchev–Trinajstić information content (AvgIpc) is 2.93. The van der Waals surface area contributed by atoms with Crippen molar-refractivity contribution in [3.05, 3.63) is 0 Å². The van der Waals surface area contributed by atoms with Crippen molar-refractivity contribution in [3.63, 3.8) is 0 Å². The van der Waals surface area contributed by atoms with Gasteiger partial charge in [0.25, 0.3) is 0 Å². The van der Waals surface area contributed by atoms with E-state index in [1.54, 1.807) is 9.80 Å². The fraction of sp³-hybridized carbons (Fsp3) is 0.786. The third-order valence-corrected chi connectivity index (χ3v) is 4.26. The molecule has 2 aliphatic rings. The van der Waals surface area contributed by atoms with Crippen LogP contribution >= 0.6 is 0 Å². The summed E-state index contributed by atoms with van der Waals surface area (Å²) in [7, 11) is 1.35. The Labute approximate surface area is 123 Å². The van der Waals surface area contributed by atoms with Gasteiger partial charge in [-0.25, -0.2) is 4.79 Å². The van der Waals surface area contributed by atoms with E-state index in [0.717, 1.165) is 25.7 Å². The van der Waals surface area contributed by atoms with Gasteiger partial charge >= 0.3 is 18.0 Å². The second-order valence-electron chi connectivity index (χ2n) is 5.68. The number of urea groups is 1. The van der Waals surface area contributed by atoms with E-state index in [1.807, 2.05) is 0 Å². The normalized spacial score (nSPS) is 25.8. The fourth-order valence-corrected chi connectivity index (χ4v) is 3.19. The number of piperidine rings is 1. The van der Waals surface area contributed by atoms with E-state index in [4.69, 9.17) is 9.84 Å². The molecular formula is C14H22N2O5. The highest BCUT2D eigenvalue weighted by atomic mass is 16.5. The summed E-state index contributed by atoms with van der Waals surface area (Å²) in [4.78, 5) is 38.3. The molecule has 0 aromatic rings. The third-order valence-electron chi connectivity index (χ3n) is 4.26. The minimum absolute atomic E-state index is 0.0139. The maximum absolute atomic E-state index is 12.6. The maximum atomic E-state index is 12.6. The standard InChI is InChI=1S/C14H22N2O5/c1-21-13(19)10-4-2-6-15(9-10)14(20)16-7-3-5-11(16)8-12(17)18/h10-11H,2-9H2,1H3,(H,17,18). The van der Waals surface area contributed by atoms with E-state index in [0.29, 0.717) is 19.6 Å². The van der Waals surface area contributed by atoms with Crippen LogP contribution in [0.5, 0.6) is 0 Å². The zero-order valence-corrected chi connectivity index (χ0v) is 12.3. The first-order valence-electron chi connectivity index (χ1n) is 7.38. The summed E-state index contributed by atoms with van der Waals surface area (Å²) in [6, 6.07) is -0.374. The Morgan fingerprint density at radius 3 is 2.57 bits per heavy atom. The van der Waals surface area contributed by atoms with Crippen LogP contribution in [0.2, 0.25) is 0 Å². The second kappa shape index (κ2) is 6.78. The number of carbonyl (C=O) groups excluding carboxylic acids is 2. The molecule has 0 spiro atoms. The first kappa shape index (κ1) is 15.6. The summed E-state index contributed by atoms with van der Waals surface area (Å²) < 4.78 is 4.75. The van der Waals surface area contributed by atoms with Gasteiger partial charge in [0.15, 0.2) is 0 Å². The molecule has 7 nitrogen and oxygen atoms in total. The lowest BCUT2D eigenvalue weighted by Gasteiger charge is -2.36. The van der Waals surface area contributed by atoms with Crippen molar-refractivity contribution in [2.24, 2.45) is 5.92 Å². The minimum atomic E-state index is -0.884. The molecule has 118 valence electrons. The van der Waals surface area contributed by atoms with Crippen LogP contribution in [0.15, 0.2) is 0 Å². The minimum Gasteiger partial charge on any atom is -0.481 e. The highest BCUT2D eigenvalue weighted by molar-refractivity contribution is 5.78. The Morgan fingerprint density at radius 2 is 1.90 bits per heavy atom. The van der Waals surface area contributed by atoms with Crippen LogP contribution in [0.4, 0.5) is 4.79 Å². The van der Waals surface area contributed by atoms with E-state index in [9.17, 15) is 14.4 Å². The molecule has 2 rings (SSSR count). The summed E-state index contributed by atoms with van der Waals surface area (Å²) in [5, 5.41) is 8.92. The Morgan fingerprint density at radius 1 is 1.19 bits per heavy atom. The van der Waals surface area contributed by atoms with Gasteiger partial charge < -0.3 is 19.6 Å². The molecule has 2 amide bonds. The van der Waals surface area contributed by atoms with Crippen LogP contribution in [0.25, 0.3) is 0 Å². The summed E-state index contributed by atoms with van der Waals surface area (Å²) in [6.45, 7) is 1.57. The highest BCUT2D eigenvalue weighted by Gasteiger charge is 2.36. The Hall–Kier alpha value is -1.79. The summed E-state index contributed by atoms with van der Waals surface area (Å²) in [6.07, 6.45) is 3.04. The smallest absolute Gasteiger partial charge is 0.320 e. The zero-order chi connectivity index (χ0) is 15.4. The molecular weight excluding hydrogens is 276 g/mol. The van der Waals surface area contributed by atoms with Crippen LogP contribution in [0, 0.1) is 5.92 Å². The fourth-order valence-electron chi connectivity index (χ4n) is 3.19. The number of rotatable bonds is 3. The van der Waals surface area contributed by atoms with Crippen LogP contribution in [-0.2, 0) is 14.3 Å². The van der Waals surface area contributed by atoms with Crippen molar-refractivity contribution >= 4 is 18.0 Å². The molecule has 2 atom stereocenters. The topological polar surface area (TPSA) is 87.2 Å². The molecule has 0 aromatic carbocycles. The van der Waals surface area contributed by atoms with Crippen LogP contribution in [0.3, 0.4) is 0 Å². The number of carboxylic acid groups (broad SMARTS) is 1. The Kier molecular flexibility index (Phi) is 5.03. The second-order valence-corrected chi connectivity index (χ2v) is 5.68. The van der Waals surface area contributed by atoms with E-state index >= 15 is 0 Å². The van der Waals surface area contributed by atoms with Crippen molar-refractivity contribution in [1.29, 1.82) is 0 Å². The summed E-state index contributed by atoms with van der Waals surface area (Å²) >= 11 is 0. The van der Waals surface area contributed by atoms with Gasteiger partial charge in [-0.15, -0.1) is 0 Å². The van der Waals surface area contributed by atoms with E-state index in [2.05, 4.69) is 0 Å². The molecule has 21 heavy (non-hydrogen) atoms. The predicted molar refractivity (Wildman–Crippen MR) is 73.7 cm³/mol.